The molecule has 3 heterocycles. The number of hydrogen-bond acceptors (Lipinski definition) is 4. The van der Waals surface area contributed by atoms with Gasteiger partial charge in [0, 0.05) is 24.1 Å². The molecule has 5 nitrogen and oxygen atoms in total. The molecule has 35 heavy (non-hydrogen) atoms. The number of aromatic nitrogens is 2. The van der Waals surface area contributed by atoms with Crippen LogP contribution in [0.25, 0.3) is 11.9 Å². The van der Waals surface area contributed by atoms with E-state index in [1.807, 2.05) is 72.8 Å². The van der Waals surface area contributed by atoms with E-state index in [4.69, 9.17) is 4.99 Å². The zero-order chi connectivity index (χ0) is 24.2. The van der Waals surface area contributed by atoms with Gasteiger partial charge in [-0.3, -0.25) is 9.69 Å². The van der Waals surface area contributed by atoms with Crippen molar-refractivity contribution in [1.82, 2.24) is 14.5 Å². The maximum Gasteiger partial charge on any atom is 0.266 e. The highest BCUT2D eigenvalue weighted by atomic mass is 32.2. The zero-order valence-electron chi connectivity index (χ0n) is 19.8. The molecule has 0 spiro atoms. The summed E-state index contributed by atoms with van der Waals surface area (Å²) < 4.78 is 2.11. The molecule has 2 aromatic heterocycles. The van der Waals surface area contributed by atoms with Crippen LogP contribution in [-0.2, 0) is 11.2 Å². The summed E-state index contributed by atoms with van der Waals surface area (Å²) in [5.41, 5.74) is 5.16. The molecule has 6 heteroatoms. The zero-order valence-corrected chi connectivity index (χ0v) is 20.6. The number of carbonyl (C=O) groups is 1. The second-order valence-corrected chi connectivity index (χ2v) is 9.39. The van der Waals surface area contributed by atoms with Gasteiger partial charge in [-0.1, -0.05) is 54.6 Å². The van der Waals surface area contributed by atoms with Crippen molar-refractivity contribution in [1.29, 1.82) is 0 Å². The molecule has 0 saturated carbocycles. The van der Waals surface area contributed by atoms with Crippen LogP contribution < -0.4 is 0 Å². The van der Waals surface area contributed by atoms with Crippen molar-refractivity contribution < 1.29 is 4.79 Å². The van der Waals surface area contributed by atoms with Crippen molar-refractivity contribution in [2.75, 3.05) is 6.54 Å². The number of aryl methyl sites for hydroxylation is 1. The van der Waals surface area contributed by atoms with Crippen LogP contribution in [0.1, 0.15) is 22.5 Å². The van der Waals surface area contributed by atoms with E-state index in [1.165, 1.54) is 17.3 Å². The number of rotatable bonds is 6. The molecule has 174 valence electrons. The SMILES string of the molecule is Cc1cc(/C=C2\SC(=Nc3ccccc3)N(CCc3ccccc3)C2=O)c(C)n1-c1ccccn1. The summed E-state index contributed by atoms with van der Waals surface area (Å²) >= 11 is 1.43. The van der Waals surface area contributed by atoms with Gasteiger partial charge in [0.15, 0.2) is 5.17 Å². The molecule has 0 aliphatic carbocycles. The van der Waals surface area contributed by atoms with Gasteiger partial charge in [0.1, 0.15) is 5.82 Å². The van der Waals surface area contributed by atoms with Crippen molar-refractivity contribution in [2.45, 2.75) is 20.3 Å². The number of pyridine rings is 1. The van der Waals surface area contributed by atoms with Crippen LogP contribution in [0.5, 0.6) is 0 Å². The van der Waals surface area contributed by atoms with Gasteiger partial charge in [-0.25, -0.2) is 9.98 Å². The van der Waals surface area contributed by atoms with Gasteiger partial charge in [-0.05, 0) is 79.6 Å². The van der Waals surface area contributed by atoms with Crippen LogP contribution in [0, 0.1) is 13.8 Å². The van der Waals surface area contributed by atoms with Gasteiger partial charge in [-0.2, -0.15) is 0 Å². The van der Waals surface area contributed by atoms with Crippen LogP contribution in [-0.4, -0.2) is 32.1 Å². The summed E-state index contributed by atoms with van der Waals surface area (Å²) in [6.07, 6.45) is 4.54. The third-order valence-corrected chi connectivity index (χ3v) is 6.98. The minimum Gasteiger partial charge on any atom is -0.303 e. The van der Waals surface area contributed by atoms with E-state index in [0.717, 1.165) is 34.9 Å². The van der Waals surface area contributed by atoms with Gasteiger partial charge in [0.25, 0.3) is 5.91 Å². The number of nitrogens with zero attached hydrogens (tertiary/aromatic N) is 4. The Hall–Kier alpha value is -3.90. The fourth-order valence-corrected chi connectivity index (χ4v) is 5.22. The highest BCUT2D eigenvalue weighted by molar-refractivity contribution is 8.18. The monoisotopic (exact) mass is 478 g/mol. The Bertz CT molecular complexity index is 1390. The Balaban J connectivity index is 1.48. The minimum absolute atomic E-state index is 0.0109. The summed E-state index contributed by atoms with van der Waals surface area (Å²) in [7, 11) is 0. The van der Waals surface area contributed by atoms with Crippen LogP contribution >= 0.6 is 11.8 Å². The van der Waals surface area contributed by atoms with Crippen LogP contribution in [0.2, 0.25) is 0 Å². The predicted octanol–water partition coefficient (Wildman–Crippen LogP) is 6.34. The van der Waals surface area contributed by atoms with Crippen molar-refractivity contribution in [3.05, 3.63) is 119 Å². The Morgan fingerprint density at radius 3 is 2.37 bits per heavy atom. The minimum atomic E-state index is -0.0109. The number of amidine groups is 1. The molecular formula is C29H26N4OS. The normalized spacial score (nSPS) is 15.9. The highest BCUT2D eigenvalue weighted by Crippen LogP contribution is 2.35. The number of amides is 1. The number of carbonyl (C=O) groups excluding carboxylic acids is 1. The van der Waals surface area contributed by atoms with E-state index in [-0.39, 0.29) is 5.91 Å². The second-order valence-electron chi connectivity index (χ2n) is 8.38. The number of hydrogen-bond donors (Lipinski definition) is 0. The second kappa shape index (κ2) is 10.2. The van der Waals surface area contributed by atoms with Crippen LogP contribution in [0.4, 0.5) is 5.69 Å². The Morgan fingerprint density at radius 1 is 0.943 bits per heavy atom. The van der Waals surface area contributed by atoms with E-state index < -0.39 is 0 Å². The molecule has 1 fully saturated rings. The predicted molar refractivity (Wildman–Crippen MR) is 144 cm³/mol. The van der Waals surface area contributed by atoms with Gasteiger partial charge in [0.2, 0.25) is 0 Å². The Labute approximate surface area is 209 Å². The molecule has 0 radical (unpaired) electrons. The highest BCUT2D eigenvalue weighted by Gasteiger charge is 2.33. The van der Waals surface area contributed by atoms with Crippen LogP contribution in [0.3, 0.4) is 0 Å². The van der Waals surface area contributed by atoms with Gasteiger partial charge in [-0.15, -0.1) is 0 Å². The molecule has 0 bridgehead atoms. The number of aliphatic imine (C=N–C) groups is 1. The van der Waals surface area contributed by atoms with E-state index in [9.17, 15) is 4.79 Å². The lowest BCUT2D eigenvalue weighted by Crippen LogP contribution is -2.31. The number of thioether (sulfide) groups is 1. The number of para-hydroxylation sites is 1. The smallest absolute Gasteiger partial charge is 0.266 e. The first-order valence-electron chi connectivity index (χ1n) is 11.6. The van der Waals surface area contributed by atoms with Gasteiger partial charge >= 0.3 is 0 Å². The molecule has 1 amide bonds. The Morgan fingerprint density at radius 2 is 1.66 bits per heavy atom. The maximum atomic E-state index is 13.5. The maximum absolute atomic E-state index is 13.5. The average molecular weight is 479 g/mol. The first-order valence-corrected chi connectivity index (χ1v) is 12.4. The first-order chi connectivity index (χ1) is 17.1. The summed E-state index contributed by atoms with van der Waals surface area (Å²) in [6.45, 7) is 4.69. The van der Waals surface area contributed by atoms with Gasteiger partial charge < -0.3 is 4.57 Å². The van der Waals surface area contributed by atoms with E-state index in [0.29, 0.717) is 16.6 Å². The largest absolute Gasteiger partial charge is 0.303 e. The lowest BCUT2D eigenvalue weighted by Gasteiger charge is -2.15. The summed E-state index contributed by atoms with van der Waals surface area (Å²) in [6, 6.07) is 28.0. The summed E-state index contributed by atoms with van der Waals surface area (Å²) in [4.78, 5) is 25.3. The lowest BCUT2D eigenvalue weighted by atomic mass is 10.1. The molecule has 1 aliphatic heterocycles. The van der Waals surface area contributed by atoms with E-state index in [1.54, 1.807) is 11.1 Å². The first kappa shape index (κ1) is 22.9. The molecule has 4 aromatic rings. The summed E-state index contributed by atoms with van der Waals surface area (Å²) in [5.74, 6) is 0.858. The average Bonchev–Trinajstić information content (AvgIpc) is 3.33. The van der Waals surface area contributed by atoms with Crippen molar-refractivity contribution >= 4 is 34.6 Å². The molecule has 1 aliphatic rings. The third kappa shape index (κ3) is 4.98. The molecule has 5 rings (SSSR count). The third-order valence-electron chi connectivity index (χ3n) is 5.97. The summed E-state index contributed by atoms with van der Waals surface area (Å²) in [5, 5.41) is 0.710. The fourth-order valence-electron chi connectivity index (χ4n) is 4.20. The van der Waals surface area contributed by atoms with Crippen LogP contribution in [0.15, 0.2) is 101 Å². The molecule has 1 saturated heterocycles. The number of benzene rings is 2. The topological polar surface area (TPSA) is 50.5 Å². The van der Waals surface area contributed by atoms with E-state index in [2.05, 4.69) is 41.6 Å². The standard InChI is InChI=1S/C29H26N4OS/c1-21-19-24(22(2)33(21)27-15-9-10-17-30-27)20-26-28(34)32(18-16-23-11-5-3-6-12-23)29(35-26)31-25-13-7-4-8-14-25/h3-15,17,19-20H,16,18H2,1-2H3/b26-20-,31-29?. The van der Waals surface area contributed by atoms with Gasteiger partial charge in [0.05, 0.1) is 10.6 Å². The molecule has 0 N–H and O–H groups in total. The lowest BCUT2D eigenvalue weighted by molar-refractivity contribution is -0.122. The quantitative estimate of drug-likeness (QED) is 0.304. The van der Waals surface area contributed by atoms with Crippen molar-refractivity contribution in [3.63, 3.8) is 0 Å². The Kier molecular flexibility index (Phi) is 6.64. The van der Waals surface area contributed by atoms with Crippen molar-refractivity contribution in [3.8, 4) is 5.82 Å². The fraction of sp³-hybridized carbons (Fsp3) is 0.138. The molecular weight excluding hydrogens is 452 g/mol. The van der Waals surface area contributed by atoms with E-state index >= 15 is 0 Å². The molecule has 2 aromatic carbocycles. The van der Waals surface area contributed by atoms with Crippen molar-refractivity contribution in [2.24, 2.45) is 4.99 Å². The molecule has 0 atom stereocenters. The molecule has 0 unspecified atom stereocenters.